The largest absolute Gasteiger partial charge is 0.310 e. The second-order valence-corrected chi connectivity index (χ2v) is 3.11. The third-order valence-corrected chi connectivity index (χ3v) is 1.90. The fourth-order valence-corrected chi connectivity index (χ4v) is 1.26. The summed E-state index contributed by atoms with van der Waals surface area (Å²) in [4.78, 5) is 0. The third kappa shape index (κ3) is 2.72. The van der Waals surface area contributed by atoms with Crippen LogP contribution in [0, 0.1) is 0 Å². The third-order valence-electron chi connectivity index (χ3n) is 0.984. The lowest BCUT2D eigenvalue weighted by Gasteiger charge is -1.95. The van der Waals surface area contributed by atoms with E-state index in [2.05, 4.69) is 30.0 Å². The van der Waals surface area contributed by atoms with Crippen molar-refractivity contribution in [3.8, 4) is 0 Å². The number of nitrogens with one attached hydrogen (secondary N) is 1. The van der Waals surface area contributed by atoms with Crippen molar-refractivity contribution in [3.63, 3.8) is 0 Å². The fraction of sp³-hybridized carbons (Fsp3) is 0.600. The van der Waals surface area contributed by atoms with Gasteiger partial charge in [-0.3, -0.25) is 0 Å². The highest BCUT2D eigenvalue weighted by Crippen LogP contribution is 1.93. The molecule has 0 radical (unpaired) electrons. The number of halogens is 1. The van der Waals surface area contributed by atoms with Crippen molar-refractivity contribution in [2.24, 2.45) is 0 Å². The summed E-state index contributed by atoms with van der Waals surface area (Å²) < 4.78 is 7.92. The summed E-state index contributed by atoms with van der Waals surface area (Å²) in [6, 6.07) is 0. The van der Waals surface area contributed by atoms with Crippen molar-refractivity contribution < 1.29 is 0 Å². The Kier molecular flexibility index (Phi) is 3.86. The molecule has 0 amide bonds. The van der Waals surface area contributed by atoms with Gasteiger partial charge >= 0.3 is 0 Å². The SMILES string of the molecule is BrCCNCc1cnsn1. The van der Waals surface area contributed by atoms with Crippen LogP contribution in [-0.4, -0.2) is 20.6 Å². The predicted octanol–water partition coefficient (Wildman–Crippen LogP) is 1.02. The van der Waals surface area contributed by atoms with E-state index in [0.29, 0.717) is 0 Å². The van der Waals surface area contributed by atoms with Crippen molar-refractivity contribution >= 4 is 27.7 Å². The average Bonchev–Trinajstić information content (AvgIpc) is 2.41. The molecular weight excluding hydrogens is 214 g/mol. The Morgan fingerprint density at radius 3 is 3.20 bits per heavy atom. The molecule has 0 aliphatic heterocycles. The monoisotopic (exact) mass is 221 g/mol. The molecule has 0 saturated heterocycles. The maximum atomic E-state index is 4.04. The van der Waals surface area contributed by atoms with Gasteiger partial charge in [0.15, 0.2) is 0 Å². The lowest BCUT2D eigenvalue weighted by molar-refractivity contribution is 0.723. The average molecular weight is 222 g/mol. The Morgan fingerprint density at radius 2 is 2.60 bits per heavy atom. The fourth-order valence-electron chi connectivity index (χ4n) is 0.545. The summed E-state index contributed by atoms with van der Waals surface area (Å²) in [5.74, 6) is 0. The van der Waals surface area contributed by atoms with Gasteiger partial charge in [0.2, 0.25) is 0 Å². The molecule has 0 unspecified atom stereocenters. The van der Waals surface area contributed by atoms with Gasteiger partial charge in [-0.1, -0.05) is 15.9 Å². The number of aromatic nitrogens is 2. The summed E-state index contributed by atoms with van der Waals surface area (Å²) in [5.41, 5.74) is 1.02. The highest BCUT2D eigenvalue weighted by Gasteiger charge is 1.92. The van der Waals surface area contributed by atoms with Crippen LogP contribution in [0.2, 0.25) is 0 Å². The molecule has 56 valence electrons. The molecule has 0 atom stereocenters. The molecule has 5 heteroatoms. The number of hydrogen-bond acceptors (Lipinski definition) is 4. The Morgan fingerprint density at radius 1 is 1.70 bits per heavy atom. The first kappa shape index (κ1) is 8.10. The molecule has 1 aromatic rings. The van der Waals surface area contributed by atoms with Crippen molar-refractivity contribution in [3.05, 3.63) is 11.9 Å². The maximum Gasteiger partial charge on any atom is 0.0880 e. The molecule has 1 heterocycles. The second-order valence-electron chi connectivity index (χ2n) is 1.76. The zero-order valence-corrected chi connectivity index (χ0v) is 7.78. The van der Waals surface area contributed by atoms with Gasteiger partial charge < -0.3 is 5.32 Å². The molecule has 0 bridgehead atoms. The smallest absolute Gasteiger partial charge is 0.0880 e. The van der Waals surface area contributed by atoms with E-state index >= 15 is 0 Å². The number of rotatable bonds is 4. The van der Waals surface area contributed by atoms with Gasteiger partial charge in [-0.15, -0.1) is 0 Å². The van der Waals surface area contributed by atoms with Crippen LogP contribution in [0.25, 0.3) is 0 Å². The van der Waals surface area contributed by atoms with Crippen molar-refractivity contribution in [1.29, 1.82) is 0 Å². The quantitative estimate of drug-likeness (QED) is 0.610. The normalized spacial score (nSPS) is 10.1. The highest BCUT2D eigenvalue weighted by molar-refractivity contribution is 9.09. The van der Waals surface area contributed by atoms with Gasteiger partial charge in [0.25, 0.3) is 0 Å². The summed E-state index contributed by atoms with van der Waals surface area (Å²) in [7, 11) is 0. The number of nitrogens with zero attached hydrogens (tertiary/aromatic N) is 2. The minimum absolute atomic E-state index is 0.822. The Balaban J connectivity index is 2.15. The van der Waals surface area contributed by atoms with Crippen LogP contribution in [0.15, 0.2) is 6.20 Å². The zero-order valence-electron chi connectivity index (χ0n) is 5.38. The minimum Gasteiger partial charge on any atom is -0.310 e. The first-order valence-corrected chi connectivity index (χ1v) is 4.82. The first-order chi connectivity index (χ1) is 4.93. The molecule has 1 rings (SSSR count). The topological polar surface area (TPSA) is 37.8 Å². The summed E-state index contributed by atoms with van der Waals surface area (Å²) in [6.07, 6.45) is 1.78. The molecule has 0 aromatic carbocycles. The van der Waals surface area contributed by atoms with Crippen LogP contribution < -0.4 is 5.32 Å². The van der Waals surface area contributed by atoms with E-state index in [9.17, 15) is 0 Å². The lowest BCUT2D eigenvalue weighted by Crippen LogP contribution is -2.15. The summed E-state index contributed by atoms with van der Waals surface area (Å²) in [5, 5.41) is 4.17. The molecule has 0 aliphatic rings. The highest BCUT2D eigenvalue weighted by atomic mass is 79.9. The van der Waals surface area contributed by atoms with Gasteiger partial charge in [0.1, 0.15) is 0 Å². The molecule has 0 fully saturated rings. The van der Waals surface area contributed by atoms with Crippen molar-refractivity contribution in [2.75, 3.05) is 11.9 Å². The Bertz CT molecular complexity index is 165. The Hall–Kier alpha value is -0.0000000000000000278. The van der Waals surface area contributed by atoms with Crippen LogP contribution in [0.1, 0.15) is 5.69 Å². The molecule has 1 N–H and O–H groups in total. The molecular formula is C5H8BrN3S. The predicted molar refractivity (Wildman–Crippen MR) is 45.4 cm³/mol. The Labute approximate surface area is 72.3 Å². The van der Waals surface area contributed by atoms with Crippen LogP contribution in [-0.2, 0) is 6.54 Å². The van der Waals surface area contributed by atoms with Gasteiger partial charge in [0, 0.05) is 18.4 Å². The number of hydrogen-bond donors (Lipinski definition) is 1. The summed E-state index contributed by atoms with van der Waals surface area (Å²) in [6.45, 7) is 1.79. The van der Waals surface area contributed by atoms with E-state index in [-0.39, 0.29) is 0 Å². The zero-order chi connectivity index (χ0) is 7.23. The van der Waals surface area contributed by atoms with Gasteiger partial charge in [0.05, 0.1) is 23.6 Å². The minimum atomic E-state index is 0.822. The van der Waals surface area contributed by atoms with E-state index < -0.39 is 0 Å². The van der Waals surface area contributed by atoms with E-state index in [0.717, 1.165) is 24.1 Å². The molecule has 3 nitrogen and oxygen atoms in total. The maximum absolute atomic E-state index is 4.04. The van der Waals surface area contributed by atoms with Gasteiger partial charge in [-0.25, -0.2) is 0 Å². The van der Waals surface area contributed by atoms with Crippen molar-refractivity contribution in [1.82, 2.24) is 14.1 Å². The number of alkyl halides is 1. The van der Waals surface area contributed by atoms with Crippen LogP contribution in [0.5, 0.6) is 0 Å². The molecule has 0 saturated carbocycles. The molecule has 0 spiro atoms. The first-order valence-electron chi connectivity index (χ1n) is 2.96. The molecule has 0 aliphatic carbocycles. The van der Waals surface area contributed by atoms with Crippen LogP contribution in [0.3, 0.4) is 0 Å². The van der Waals surface area contributed by atoms with E-state index in [1.165, 1.54) is 11.7 Å². The van der Waals surface area contributed by atoms with Gasteiger partial charge in [-0.2, -0.15) is 8.75 Å². The van der Waals surface area contributed by atoms with E-state index in [1.54, 1.807) is 6.20 Å². The van der Waals surface area contributed by atoms with E-state index in [4.69, 9.17) is 0 Å². The van der Waals surface area contributed by atoms with Crippen molar-refractivity contribution in [2.45, 2.75) is 6.54 Å². The van der Waals surface area contributed by atoms with E-state index in [1.807, 2.05) is 0 Å². The summed E-state index contributed by atoms with van der Waals surface area (Å²) >= 11 is 4.56. The van der Waals surface area contributed by atoms with Crippen LogP contribution >= 0.6 is 27.7 Å². The molecule has 10 heavy (non-hydrogen) atoms. The second kappa shape index (κ2) is 4.76. The lowest BCUT2D eigenvalue weighted by atomic mass is 10.5. The standard InChI is InChI=1S/C5H8BrN3S/c6-1-2-7-3-5-4-8-10-9-5/h4,7H,1-3H2. The molecule has 1 aromatic heterocycles. The van der Waals surface area contributed by atoms with Crippen LogP contribution in [0.4, 0.5) is 0 Å². The van der Waals surface area contributed by atoms with Gasteiger partial charge in [-0.05, 0) is 0 Å².